The lowest BCUT2D eigenvalue weighted by Gasteiger charge is -2.31. The summed E-state index contributed by atoms with van der Waals surface area (Å²) in [5.74, 6) is 1.44. The molecule has 5 nitrogen and oxygen atoms in total. The maximum atomic E-state index is 5.52. The van der Waals surface area contributed by atoms with Crippen LogP contribution in [0.4, 0.5) is 5.95 Å². The van der Waals surface area contributed by atoms with Crippen molar-refractivity contribution in [1.82, 2.24) is 15.3 Å². The summed E-state index contributed by atoms with van der Waals surface area (Å²) in [4.78, 5) is 10.9. The average Bonchev–Trinajstić information content (AvgIpc) is 2.37. The fourth-order valence-corrected chi connectivity index (χ4v) is 1.89. The van der Waals surface area contributed by atoms with Crippen molar-refractivity contribution in [3.8, 4) is 5.88 Å². The van der Waals surface area contributed by atoms with E-state index in [1.54, 1.807) is 6.20 Å². The van der Waals surface area contributed by atoms with E-state index in [1.165, 1.54) is 0 Å². The van der Waals surface area contributed by atoms with Gasteiger partial charge < -0.3 is 15.0 Å². The number of hydrogen-bond acceptors (Lipinski definition) is 5. The van der Waals surface area contributed by atoms with E-state index >= 15 is 0 Å². The molecule has 0 radical (unpaired) electrons. The van der Waals surface area contributed by atoms with Crippen LogP contribution in [0.1, 0.15) is 20.3 Å². The largest absolute Gasteiger partial charge is 0.478 e. The minimum Gasteiger partial charge on any atom is -0.478 e. The Labute approximate surface area is 102 Å². The fraction of sp³-hybridized carbons (Fsp3) is 0.667. The van der Waals surface area contributed by atoms with Crippen molar-refractivity contribution in [1.29, 1.82) is 0 Å². The Bertz CT molecular complexity index is 358. The Balaban J connectivity index is 2.04. The van der Waals surface area contributed by atoms with E-state index in [9.17, 15) is 0 Å². The van der Waals surface area contributed by atoms with Gasteiger partial charge >= 0.3 is 0 Å². The number of nitrogens with zero attached hydrogens (tertiary/aromatic N) is 3. The molecule has 94 valence electrons. The van der Waals surface area contributed by atoms with E-state index in [2.05, 4.69) is 34.0 Å². The van der Waals surface area contributed by atoms with Gasteiger partial charge in [0.1, 0.15) is 0 Å². The Morgan fingerprint density at radius 1 is 1.59 bits per heavy atom. The molecule has 0 amide bonds. The Hall–Kier alpha value is -1.36. The van der Waals surface area contributed by atoms with E-state index in [-0.39, 0.29) is 0 Å². The molecule has 1 fully saturated rings. The lowest BCUT2D eigenvalue weighted by Crippen LogP contribution is -2.49. The van der Waals surface area contributed by atoms with Crippen LogP contribution in [0, 0.1) is 0 Å². The third-order valence-electron chi connectivity index (χ3n) is 2.72. The van der Waals surface area contributed by atoms with Crippen LogP contribution in [-0.4, -0.2) is 42.3 Å². The van der Waals surface area contributed by atoms with E-state index in [4.69, 9.17) is 4.74 Å². The quantitative estimate of drug-likeness (QED) is 0.847. The molecule has 2 rings (SSSR count). The van der Waals surface area contributed by atoms with Crippen molar-refractivity contribution >= 4 is 5.95 Å². The first kappa shape index (κ1) is 12.1. The van der Waals surface area contributed by atoms with Crippen LogP contribution >= 0.6 is 0 Å². The van der Waals surface area contributed by atoms with Crippen molar-refractivity contribution in [2.45, 2.75) is 26.3 Å². The van der Waals surface area contributed by atoms with Crippen molar-refractivity contribution in [2.75, 3.05) is 31.1 Å². The summed E-state index contributed by atoms with van der Waals surface area (Å²) >= 11 is 0. The minimum absolute atomic E-state index is 0.479. The molecule has 0 unspecified atom stereocenters. The lowest BCUT2D eigenvalue weighted by atomic mass is 10.2. The number of rotatable bonds is 4. The highest BCUT2D eigenvalue weighted by Crippen LogP contribution is 2.14. The van der Waals surface area contributed by atoms with Crippen LogP contribution in [0.5, 0.6) is 5.88 Å². The first-order valence-electron chi connectivity index (χ1n) is 6.23. The molecule has 0 aliphatic carbocycles. The van der Waals surface area contributed by atoms with E-state index in [0.717, 1.165) is 32.0 Å². The van der Waals surface area contributed by atoms with Gasteiger partial charge in [-0.15, -0.1) is 0 Å². The highest BCUT2D eigenvalue weighted by atomic mass is 16.5. The summed E-state index contributed by atoms with van der Waals surface area (Å²) < 4.78 is 5.52. The SMILES string of the molecule is CCCOc1ccnc(N2CCN[C@H](C)C2)n1. The third kappa shape index (κ3) is 3.30. The number of aromatic nitrogens is 2. The monoisotopic (exact) mass is 236 g/mol. The number of anilines is 1. The number of ether oxygens (including phenoxy) is 1. The second kappa shape index (κ2) is 5.82. The Morgan fingerprint density at radius 2 is 2.47 bits per heavy atom. The molecule has 1 aromatic heterocycles. The summed E-state index contributed by atoms with van der Waals surface area (Å²) in [6, 6.07) is 2.29. The van der Waals surface area contributed by atoms with E-state index in [1.807, 2.05) is 6.07 Å². The van der Waals surface area contributed by atoms with Crippen LogP contribution in [0.25, 0.3) is 0 Å². The molecular formula is C12H20N4O. The average molecular weight is 236 g/mol. The van der Waals surface area contributed by atoms with Gasteiger partial charge in [-0.25, -0.2) is 4.98 Å². The minimum atomic E-state index is 0.479. The van der Waals surface area contributed by atoms with E-state index in [0.29, 0.717) is 18.5 Å². The van der Waals surface area contributed by atoms with Crippen molar-refractivity contribution in [3.63, 3.8) is 0 Å². The Morgan fingerprint density at radius 3 is 3.24 bits per heavy atom. The normalized spacial score (nSPS) is 20.4. The molecule has 17 heavy (non-hydrogen) atoms. The first-order valence-corrected chi connectivity index (χ1v) is 6.23. The van der Waals surface area contributed by atoms with E-state index < -0.39 is 0 Å². The molecule has 0 aromatic carbocycles. The van der Waals surface area contributed by atoms with Crippen LogP contribution in [0.2, 0.25) is 0 Å². The van der Waals surface area contributed by atoms with Gasteiger partial charge in [0, 0.05) is 37.9 Å². The predicted molar refractivity (Wildman–Crippen MR) is 67.5 cm³/mol. The maximum Gasteiger partial charge on any atom is 0.228 e. The highest BCUT2D eigenvalue weighted by molar-refractivity contribution is 5.33. The van der Waals surface area contributed by atoms with Gasteiger partial charge in [0.25, 0.3) is 0 Å². The summed E-state index contributed by atoms with van der Waals surface area (Å²) in [6.07, 6.45) is 2.75. The zero-order valence-corrected chi connectivity index (χ0v) is 10.5. The van der Waals surface area contributed by atoms with Crippen molar-refractivity contribution in [3.05, 3.63) is 12.3 Å². The van der Waals surface area contributed by atoms with Crippen molar-refractivity contribution < 1.29 is 4.74 Å². The fourth-order valence-electron chi connectivity index (χ4n) is 1.89. The summed E-state index contributed by atoms with van der Waals surface area (Å²) in [7, 11) is 0. The van der Waals surface area contributed by atoms with Gasteiger partial charge in [0.2, 0.25) is 11.8 Å². The summed E-state index contributed by atoms with van der Waals surface area (Å²) in [5, 5.41) is 3.40. The van der Waals surface area contributed by atoms with Crippen LogP contribution in [0.15, 0.2) is 12.3 Å². The Kier molecular flexibility index (Phi) is 4.14. The summed E-state index contributed by atoms with van der Waals surface area (Å²) in [6.45, 7) is 7.82. The number of piperazine rings is 1. The van der Waals surface area contributed by atoms with Gasteiger partial charge in [0.05, 0.1) is 6.61 Å². The third-order valence-corrected chi connectivity index (χ3v) is 2.72. The van der Waals surface area contributed by atoms with Gasteiger partial charge in [-0.2, -0.15) is 4.98 Å². The molecule has 0 bridgehead atoms. The zero-order chi connectivity index (χ0) is 12.1. The molecule has 1 atom stereocenters. The molecule has 1 aliphatic heterocycles. The molecule has 2 heterocycles. The van der Waals surface area contributed by atoms with Gasteiger partial charge in [-0.05, 0) is 13.3 Å². The first-order chi connectivity index (χ1) is 8.29. The van der Waals surface area contributed by atoms with Crippen LogP contribution < -0.4 is 15.0 Å². The summed E-state index contributed by atoms with van der Waals surface area (Å²) in [5.41, 5.74) is 0. The number of nitrogens with one attached hydrogen (secondary N) is 1. The highest BCUT2D eigenvalue weighted by Gasteiger charge is 2.18. The molecule has 5 heteroatoms. The van der Waals surface area contributed by atoms with Crippen LogP contribution in [-0.2, 0) is 0 Å². The second-order valence-corrected chi connectivity index (χ2v) is 4.34. The zero-order valence-electron chi connectivity index (χ0n) is 10.5. The molecule has 1 aliphatic rings. The lowest BCUT2D eigenvalue weighted by molar-refractivity contribution is 0.304. The smallest absolute Gasteiger partial charge is 0.228 e. The second-order valence-electron chi connectivity index (χ2n) is 4.34. The van der Waals surface area contributed by atoms with Gasteiger partial charge in [-0.1, -0.05) is 6.92 Å². The molecule has 1 saturated heterocycles. The molecule has 1 N–H and O–H groups in total. The predicted octanol–water partition coefficient (Wildman–Crippen LogP) is 1.06. The van der Waals surface area contributed by atoms with Crippen molar-refractivity contribution in [2.24, 2.45) is 0 Å². The van der Waals surface area contributed by atoms with Crippen LogP contribution in [0.3, 0.4) is 0 Å². The maximum absolute atomic E-state index is 5.52. The molecular weight excluding hydrogens is 216 g/mol. The van der Waals surface area contributed by atoms with Gasteiger partial charge in [-0.3, -0.25) is 0 Å². The molecule has 0 spiro atoms. The topological polar surface area (TPSA) is 50.3 Å². The van der Waals surface area contributed by atoms with Gasteiger partial charge in [0.15, 0.2) is 0 Å². The molecule has 1 aromatic rings. The molecule has 0 saturated carbocycles. The standard InChI is InChI=1S/C12H20N4O/c1-3-8-17-11-4-5-14-12(15-11)16-7-6-13-10(2)9-16/h4-5,10,13H,3,6-9H2,1-2H3/t10-/m1/s1. The number of hydrogen-bond donors (Lipinski definition) is 1.